The minimum atomic E-state index is -0.124. The van der Waals surface area contributed by atoms with Crippen molar-refractivity contribution in [1.29, 1.82) is 0 Å². The van der Waals surface area contributed by atoms with E-state index in [9.17, 15) is 9.59 Å². The Labute approximate surface area is 200 Å². The molecule has 0 unspecified atom stereocenters. The third kappa shape index (κ3) is 6.16. The summed E-state index contributed by atoms with van der Waals surface area (Å²) >= 11 is 2.85. The van der Waals surface area contributed by atoms with Gasteiger partial charge in [0.2, 0.25) is 11.8 Å². The molecule has 0 spiro atoms. The van der Waals surface area contributed by atoms with Crippen LogP contribution in [-0.4, -0.2) is 16.8 Å². The van der Waals surface area contributed by atoms with Gasteiger partial charge in [0.25, 0.3) is 0 Å². The summed E-state index contributed by atoms with van der Waals surface area (Å²) in [5.74, 6) is 2.40. The van der Waals surface area contributed by atoms with Crippen LogP contribution < -0.4 is 10.2 Å². The average Bonchev–Trinajstić information content (AvgIpc) is 3.50. The molecule has 0 aliphatic carbocycles. The van der Waals surface area contributed by atoms with E-state index in [-0.39, 0.29) is 18.2 Å². The van der Waals surface area contributed by atoms with E-state index < -0.39 is 0 Å². The van der Waals surface area contributed by atoms with Gasteiger partial charge in [-0.2, -0.15) is 0 Å². The molecule has 4 aromatic rings. The molecular formula is C26H21N3O2S2. The van der Waals surface area contributed by atoms with Gasteiger partial charge >= 0.3 is 0 Å². The summed E-state index contributed by atoms with van der Waals surface area (Å²) in [7, 11) is 0. The molecule has 2 amide bonds. The molecule has 4 rings (SSSR count). The zero-order valence-corrected chi connectivity index (χ0v) is 19.4. The molecule has 0 aliphatic heterocycles. The van der Waals surface area contributed by atoms with E-state index in [0.717, 1.165) is 16.1 Å². The second-order valence-corrected chi connectivity index (χ2v) is 9.18. The quantitative estimate of drug-likeness (QED) is 0.362. The van der Waals surface area contributed by atoms with E-state index in [1.165, 1.54) is 22.7 Å². The molecule has 2 heterocycles. The first-order valence-electron chi connectivity index (χ1n) is 10.3. The van der Waals surface area contributed by atoms with Crippen LogP contribution in [0.15, 0.2) is 77.5 Å². The van der Waals surface area contributed by atoms with Crippen LogP contribution in [-0.2, 0) is 29.0 Å². The number of rotatable bonds is 8. The van der Waals surface area contributed by atoms with Crippen molar-refractivity contribution in [2.45, 2.75) is 19.4 Å². The predicted octanol–water partition coefficient (Wildman–Crippen LogP) is 5.14. The summed E-state index contributed by atoms with van der Waals surface area (Å²) < 4.78 is 0. The Morgan fingerprint density at radius 1 is 1.00 bits per heavy atom. The number of carbonyl (C=O) groups excluding carboxylic acids is 2. The van der Waals surface area contributed by atoms with Gasteiger partial charge in [0.05, 0.1) is 25.1 Å². The van der Waals surface area contributed by atoms with Crippen molar-refractivity contribution in [3.63, 3.8) is 0 Å². The van der Waals surface area contributed by atoms with E-state index >= 15 is 0 Å². The smallest absolute Gasteiger partial charge is 0.233 e. The second-order valence-electron chi connectivity index (χ2n) is 7.29. The highest BCUT2D eigenvalue weighted by Gasteiger charge is 2.19. The van der Waals surface area contributed by atoms with Gasteiger partial charge < -0.3 is 10.2 Å². The van der Waals surface area contributed by atoms with E-state index in [2.05, 4.69) is 16.2 Å². The van der Waals surface area contributed by atoms with Crippen LogP contribution in [0.3, 0.4) is 0 Å². The van der Waals surface area contributed by atoms with Crippen LogP contribution in [0.5, 0.6) is 0 Å². The lowest BCUT2D eigenvalue weighted by Gasteiger charge is -2.23. The predicted molar refractivity (Wildman–Crippen MR) is 134 cm³/mol. The minimum absolute atomic E-state index is 0.102. The molecule has 7 heteroatoms. The molecular weight excluding hydrogens is 450 g/mol. The van der Waals surface area contributed by atoms with Crippen LogP contribution >= 0.6 is 22.7 Å². The molecule has 164 valence electrons. The molecule has 0 atom stereocenters. The first kappa shape index (κ1) is 22.5. The maximum Gasteiger partial charge on any atom is 0.233 e. The maximum absolute atomic E-state index is 13.3. The summed E-state index contributed by atoms with van der Waals surface area (Å²) in [5, 5.41) is 7.05. The molecule has 0 radical (unpaired) electrons. The number of nitrogens with zero attached hydrogens (tertiary/aromatic N) is 2. The number of benzene rings is 2. The lowest BCUT2D eigenvalue weighted by molar-refractivity contribution is -0.118. The monoisotopic (exact) mass is 471 g/mol. The Morgan fingerprint density at radius 3 is 2.61 bits per heavy atom. The van der Waals surface area contributed by atoms with Crippen LogP contribution in [0, 0.1) is 12.3 Å². The summed E-state index contributed by atoms with van der Waals surface area (Å²) in [6.07, 6.45) is 5.98. The molecule has 0 aliphatic rings. The number of nitrogens with one attached hydrogen (secondary N) is 1. The Hall–Kier alpha value is -3.73. The molecule has 0 bridgehead atoms. The third-order valence-electron chi connectivity index (χ3n) is 4.85. The van der Waals surface area contributed by atoms with Gasteiger partial charge in [0.1, 0.15) is 0 Å². The first-order chi connectivity index (χ1) is 16.1. The van der Waals surface area contributed by atoms with Crippen LogP contribution in [0.2, 0.25) is 0 Å². The third-order valence-corrected chi connectivity index (χ3v) is 6.54. The van der Waals surface area contributed by atoms with Gasteiger partial charge in [-0.1, -0.05) is 48.4 Å². The molecule has 0 fully saturated rings. The van der Waals surface area contributed by atoms with Gasteiger partial charge in [-0.25, -0.2) is 4.98 Å². The zero-order valence-electron chi connectivity index (χ0n) is 17.7. The van der Waals surface area contributed by atoms with E-state index in [1.807, 2.05) is 72.1 Å². The van der Waals surface area contributed by atoms with Crippen LogP contribution in [0.25, 0.3) is 0 Å². The number of hydrogen-bond acceptors (Lipinski definition) is 5. The highest BCUT2D eigenvalue weighted by molar-refractivity contribution is 7.14. The van der Waals surface area contributed by atoms with Crippen molar-refractivity contribution in [2.24, 2.45) is 0 Å². The molecule has 33 heavy (non-hydrogen) atoms. The number of amides is 2. The largest absolute Gasteiger partial charge is 0.308 e. The summed E-state index contributed by atoms with van der Waals surface area (Å²) in [6, 6.07) is 21.0. The lowest BCUT2D eigenvalue weighted by atomic mass is 10.1. The number of aromatic nitrogens is 1. The highest BCUT2D eigenvalue weighted by Crippen LogP contribution is 2.22. The van der Waals surface area contributed by atoms with Crippen molar-refractivity contribution < 1.29 is 9.59 Å². The van der Waals surface area contributed by atoms with Gasteiger partial charge in [-0.05, 0) is 35.2 Å². The fraction of sp³-hybridized carbons (Fsp3) is 0.115. The number of thiophene rings is 1. The molecule has 2 aromatic carbocycles. The topological polar surface area (TPSA) is 62.3 Å². The first-order valence-corrected chi connectivity index (χ1v) is 12.0. The van der Waals surface area contributed by atoms with Crippen molar-refractivity contribution in [3.05, 3.63) is 99.2 Å². The Bertz CT molecular complexity index is 1270. The maximum atomic E-state index is 13.3. The van der Waals surface area contributed by atoms with Gasteiger partial charge in [0.15, 0.2) is 5.13 Å². The van der Waals surface area contributed by atoms with Crippen molar-refractivity contribution in [2.75, 3.05) is 10.2 Å². The molecule has 0 saturated carbocycles. The molecule has 5 nitrogen and oxygen atoms in total. The van der Waals surface area contributed by atoms with Gasteiger partial charge in [-0.3, -0.25) is 9.59 Å². The fourth-order valence-electron chi connectivity index (χ4n) is 3.28. The second kappa shape index (κ2) is 10.7. The Morgan fingerprint density at radius 2 is 1.85 bits per heavy atom. The van der Waals surface area contributed by atoms with Gasteiger partial charge in [0, 0.05) is 21.5 Å². The Balaban J connectivity index is 1.47. The van der Waals surface area contributed by atoms with E-state index in [4.69, 9.17) is 6.42 Å². The normalized spacial score (nSPS) is 10.4. The summed E-state index contributed by atoms with van der Waals surface area (Å²) in [5.41, 5.74) is 3.07. The van der Waals surface area contributed by atoms with Crippen molar-refractivity contribution >= 4 is 45.3 Å². The molecule has 1 N–H and O–H groups in total. The van der Waals surface area contributed by atoms with Crippen LogP contribution in [0.4, 0.5) is 10.8 Å². The summed E-state index contributed by atoms with van der Waals surface area (Å²) in [6.45, 7) is 0.419. The molecule has 0 saturated heterocycles. The molecule has 2 aromatic heterocycles. The van der Waals surface area contributed by atoms with Crippen molar-refractivity contribution in [1.82, 2.24) is 4.98 Å². The number of terminal acetylenes is 1. The number of hydrogen-bond donors (Lipinski definition) is 1. The van der Waals surface area contributed by atoms with Gasteiger partial charge in [-0.15, -0.1) is 29.1 Å². The van der Waals surface area contributed by atoms with E-state index in [1.54, 1.807) is 10.3 Å². The highest BCUT2D eigenvalue weighted by atomic mass is 32.1. The average molecular weight is 472 g/mol. The lowest BCUT2D eigenvalue weighted by Crippen LogP contribution is -2.32. The standard InChI is InChI=1S/C26H21N3O2S2/c1-2-19-10-6-11-22(14-19)29(17-20-8-4-3-5-9-20)25(31)15-21-18-33-26(27-21)28-24(30)16-23-12-7-13-32-23/h1,3-14,18H,15-17H2,(H,27,28,30). The Kier molecular flexibility index (Phi) is 7.30. The fourth-order valence-corrected chi connectivity index (χ4v) is 4.71. The summed E-state index contributed by atoms with van der Waals surface area (Å²) in [4.78, 5) is 32.7. The number of carbonyl (C=O) groups is 2. The van der Waals surface area contributed by atoms with E-state index in [0.29, 0.717) is 29.4 Å². The number of anilines is 2. The van der Waals surface area contributed by atoms with Crippen molar-refractivity contribution in [3.8, 4) is 12.3 Å². The SMILES string of the molecule is C#Cc1cccc(N(Cc2ccccc2)C(=O)Cc2csc(NC(=O)Cc3cccs3)n2)c1. The number of thiazole rings is 1. The zero-order chi connectivity index (χ0) is 23.0. The van der Waals surface area contributed by atoms with Crippen LogP contribution in [0.1, 0.15) is 21.7 Å². The minimum Gasteiger partial charge on any atom is -0.308 e.